The Labute approximate surface area is 358 Å². The Balaban J connectivity index is 2.10. The summed E-state index contributed by atoms with van der Waals surface area (Å²) >= 11 is 0. The minimum Gasteiger partial charge on any atom is -0.481 e. The molecule has 0 saturated carbocycles. The van der Waals surface area contributed by atoms with E-state index in [0.717, 1.165) is 5.56 Å². The molecule has 0 aliphatic carbocycles. The Morgan fingerprint density at radius 2 is 1.08 bits per heavy atom. The minimum atomic E-state index is -1.61. The molecule has 5 unspecified atom stereocenters. The third kappa shape index (κ3) is 20.4. The number of aldehydes is 1. The molecule has 5 atom stereocenters. The molecular weight excluding hydrogens is 810 g/mol. The number of carbonyl (C=O) groups is 10. The lowest BCUT2D eigenvalue weighted by Crippen LogP contribution is -2.56. The van der Waals surface area contributed by atoms with Crippen molar-refractivity contribution in [2.24, 2.45) is 5.92 Å². The first kappa shape index (κ1) is 51.3. The molecule has 0 saturated heterocycles. The number of carboxylic acid groups (broad SMARTS) is 3. The van der Waals surface area contributed by atoms with Gasteiger partial charge in [-0.15, -0.1) is 0 Å². The van der Waals surface area contributed by atoms with Crippen LogP contribution < -0.4 is 37.2 Å². The van der Waals surface area contributed by atoms with Gasteiger partial charge in [-0.05, 0) is 44.2 Å². The molecule has 7 amide bonds. The van der Waals surface area contributed by atoms with Crippen LogP contribution in [0.5, 0.6) is 0 Å². The van der Waals surface area contributed by atoms with E-state index in [1.165, 1.54) is 0 Å². The Morgan fingerprint density at radius 1 is 0.597 bits per heavy atom. The van der Waals surface area contributed by atoms with Crippen molar-refractivity contribution in [2.45, 2.75) is 108 Å². The molecule has 0 spiro atoms. The first-order chi connectivity index (χ1) is 29.3. The Bertz CT molecular complexity index is 1860. The van der Waals surface area contributed by atoms with E-state index >= 15 is 0 Å². The summed E-state index contributed by atoms with van der Waals surface area (Å²) in [6.45, 7) is 4.99. The van der Waals surface area contributed by atoms with Crippen LogP contribution in [0.1, 0.15) is 76.8 Å². The summed E-state index contributed by atoms with van der Waals surface area (Å²) in [5.41, 5.74) is 0.421. The van der Waals surface area contributed by atoms with Gasteiger partial charge in [-0.25, -0.2) is 14.4 Å². The summed E-state index contributed by atoms with van der Waals surface area (Å²) in [6.07, 6.45) is -0.858. The number of rotatable bonds is 28. The zero-order valence-electron chi connectivity index (χ0n) is 34.9. The Kier molecular flexibility index (Phi) is 21.8. The van der Waals surface area contributed by atoms with Crippen molar-refractivity contribution in [3.05, 3.63) is 71.8 Å². The third-order valence-corrected chi connectivity index (χ3v) is 9.32. The highest BCUT2D eigenvalue weighted by Gasteiger charge is 2.32. The lowest BCUT2D eigenvalue weighted by atomic mass is 9.90. The van der Waals surface area contributed by atoms with Gasteiger partial charge < -0.3 is 57.3 Å². The van der Waals surface area contributed by atoms with Crippen molar-refractivity contribution in [2.75, 3.05) is 13.1 Å². The molecular formula is C42H57N7O13. The number of hydrogen-bond donors (Lipinski definition) is 10. The molecule has 20 nitrogen and oxygen atoms in total. The summed E-state index contributed by atoms with van der Waals surface area (Å²) in [6, 6.07) is 11.2. The number of carbonyl (C=O) groups excluding carboxylic acids is 7. The largest absolute Gasteiger partial charge is 0.481 e. The van der Waals surface area contributed by atoms with Gasteiger partial charge in [0.2, 0.25) is 29.5 Å². The highest BCUT2D eigenvalue weighted by atomic mass is 16.4. The standard InChI is InChI=1S/C42H57N7O13/c1-26(25-42(2,3)49-34(52)18-16-29(39(58)59)47-41(62)48-30(40(60)61)17-19-35(53)54)36(55)45-32(24-28-13-8-5-9-14-28)38(57)46-31(23-27-11-6-4-7-12-27)37(56)44-21-20-43-33(51)15-10-22-50/h4-9,11-14,22,26,29-32H,10,15-21,23-25H2,1-3H3,(H,43,51)(H,44,56)(H,45,55)(H,46,57)(H,49,52)(H,53,54)(H,58,59)(H,60,61)(H2,47,48,62). The third-order valence-electron chi connectivity index (χ3n) is 9.32. The van der Waals surface area contributed by atoms with Crippen LogP contribution in [-0.2, 0) is 56.0 Å². The fourth-order valence-corrected chi connectivity index (χ4v) is 6.26. The van der Waals surface area contributed by atoms with E-state index < -0.39 is 109 Å². The zero-order valence-corrected chi connectivity index (χ0v) is 34.9. The highest BCUT2D eigenvalue weighted by molar-refractivity contribution is 5.93. The minimum absolute atomic E-state index is 0.0145. The van der Waals surface area contributed by atoms with Gasteiger partial charge in [0.25, 0.3) is 0 Å². The molecule has 2 aromatic rings. The molecule has 0 fully saturated rings. The van der Waals surface area contributed by atoms with Crippen molar-refractivity contribution >= 4 is 59.8 Å². The van der Waals surface area contributed by atoms with E-state index in [2.05, 4.69) is 31.9 Å². The van der Waals surface area contributed by atoms with Gasteiger partial charge in [0.05, 0.1) is 0 Å². The molecule has 0 aromatic heterocycles. The monoisotopic (exact) mass is 867 g/mol. The van der Waals surface area contributed by atoms with Gasteiger partial charge in [0.1, 0.15) is 30.5 Å². The van der Waals surface area contributed by atoms with Crippen LogP contribution >= 0.6 is 0 Å². The topological polar surface area (TPSA) is 316 Å². The summed E-state index contributed by atoms with van der Waals surface area (Å²) in [4.78, 5) is 123. The van der Waals surface area contributed by atoms with E-state index in [1.807, 2.05) is 5.32 Å². The van der Waals surface area contributed by atoms with Gasteiger partial charge in [-0.2, -0.15) is 0 Å². The van der Waals surface area contributed by atoms with Crippen molar-refractivity contribution in [3.63, 3.8) is 0 Å². The first-order valence-electron chi connectivity index (χ1n) is 20.0. The van der Waals surface area contributed by atoms with Crippen molar-refractivity contribution in [1.29, 1.82) is 0 Å². The van der Waals surface area contributed by atoms with Crippen LogP contribution in [0.25, 0.3) is 0 Å². The SMILES string of the molecule is CC(CC(C)(C)NC(=O)CCC(NC(=O)NC(CCC(=O)O)C(=O)O)C(=O)O)C(=O)NC(Cc1ccccc1)C(=O)NC(Cc1ccccc1)C(=O)NCCNC(=O)CCC=O. The van der Waals surface area contributed by atoms with E-state index in [9.17, 15) is 58.2 Å². The number of aliphatic carboxylic acids is 3. The summed E-state index contributed by atoms with van der Waals surface area (Å²) < 4.78 is 0. The molecule has 338 valence electrons. The van der Waals surface area contributed by atoms with Crippen molar-refractivity contribution in [3.8, 4) is 0 Å². The molecule has 62 heavy (non-hydrogen) atoms. The van der Waals surface area contributed by atoms with E-state index in [1.54, 1.807) is 81.4 Å². The lowest BCUT2D eigenvalue weighted by molar-refractivity contribution is -0.141. The number of benzene rings is 2. The van der Waals surface area contributed by atoms with Gasteiger partial charge in [-0.1, -0.05) is 67.6 Å². The molecule has 10 N–H and O–H groups in total. The second-order valence-electron chi connectivity index (χ2n) is 15.3. The predicted molar refractivity (Wildman–Crippen MR) is 222 cm³/mol. The van der Waals surface area contributed by atoms with Crippen molar-refractivity contribution < 1.29 is 63.3 Å². The average Bonchev–Trinajstić information content (AvgIpc) is 3.21. The van der Waals surface area contributed by atoms with Crippen molar-refractivity contribution in [1.82, 2.24) is 37.2 Å². The Morgan fingerprint density at radius 3 is 1.58 bits per heavy atom. The molecule has 2 rings (SSSR count). The lowest BCUT2D eigenvalue weighted by Gasteiger charge is -2.30. The number of nitrogens with one attached hydrogen (secondary N) is 7. The smallest absolute Gasteiger partial charge is 0.326 e. The molecule has 0 heterocycles. The Hall–Kier alpha value is -6.86. The summed E-state index contributed by atoms with van der Waals surface area (Å²) in [7, 11) is 0. The van der Waals surface area contributed by atoms with Crippen LogP contribution in [0.15, 0.2) is 60.7 Å². The molecule has 0 aliphatic heterocycles. The van der Waals surface area contributed by atoms with Gasteiger partial charge in [-0.3, -0.25) is 28.8 Å². The van der Waals surface area contributed by atoms with Crippen LogP contribution in [-0.4, -0.2) is 118 Å². The molecule has 0 bridgehead atoms. The van der Waals surface area contributed by atoms with E-state index in [-0.39, 0.29) is 51.1 Å². The first-order valence-corrected chi connectivity index (χ1v) is 20.0. The van der Waals surface area contributed by atoms with E-state index in [4.69, 9.17) is 5.11 Å². The van der Waals surface area contributed by atoms with Gasteiger partial charge >= 0.3 is 23.9 Å². The predicted octanol–water partition coefficient (Wildman–Crippen LogP) is 0.425. The number of hydrogen-bond acceptors (Lipinski definition) is 10. The number of urea groups is 1. The van der Waals surface area contributed by atoms with Crippen LogP contribution in [0.2, 0.25) is 0 Å². The van der Waals surface area contributed by atoms with Gasteiger partial charge in [0.15, 0.2) is 0 Å². The zero-order chi connectivity index (χ0) is 46.2. The van der Waals surface area contributed by atoms with Crippen LogP contribution in [0.4, 0.5) is 4.79 Å². The fourth-order valence-electron chi connectivity index (χ4n) is 6.26. The number of carboxylic acids is 3. The quantitative estimate of drug-likeness (QED) is 0.0410. The second-order valence-corrected chi connectivity index (χ2v) is 15.3. The molecule has 0 radical (unpaired) electrons. The molecule has 0 aliphatic rings. The maximum atomic E-state index is 14.0. The average molecular weight is 868 g/mol. The summed E-state index contributed by atoms with van der Waals surface area (Å²) in [5, 5.41) is 45.4. The molecule has 2 aromatic carbocycles. The van der Waals surface area contributed by atoms with Crippen LogP contribution in [0, 0.1) is 5.92 Å². The fraction of sp³-hybridized carbons (Fsp3) is 0.476. The normalized spacial score (nSPS) is 13.3. The van der Waals surface area contributed by atoms with E-state index in [0.29, 0.717) is 11.8 Å². The highest BCUT2D eigenvalue weighted by Crippen LogP contribution is 2.18. The van der Waals surface area contributed by atoms with Crippen LogP contribution in [0.3, 0.4) is 0 Å². The summed E-state index contributed by atoms with van der Waals surface area (Å²) in [5.74, 6) is -7.80. The second kappa shape index (κ2) is 26.4. The molecule has 20 heteroatoms. The maximum Gasteiger partial charge on any atom is 0.326 e. The maximum absolute atomic E-state index is 14.0. The number of amides is 7. The van der Waals surface area contributed by atoms with Gasteiger partial charge in [0, 0.05) is 63.1 Å².